The first kappa shape index (κ1) is 24.4. The molecule has 2 rings (SSSR count). The topological polar surface area (TPSA) is 72.3 Å². The number of amides is 1. The number of nitrogens with one attached hydrogen (secondary N) is 1. The summed E-state index contributed by atoms with van der Waals surface area (Å²) in [5.74, 6) is 2.02. The number of nitrogens with zero attached hydrogens (tertiary/aromatic N) is 2. The molecule has 0 saturated carbocycles. The molecular weight excluding hydrogens is 385 g/mol. The molecule has 7 heteroatoms. The van der Waals surface area contributed by atoms with Gasteiger partial charge in [-0.2, -0.15) is 0 Å². The lowest BCUT2D eigenvalue weighted by atomic mass is 10.00. The molecule has 0 aromatic heterocycles. The van der Waals surface area contributed by atoms with Crippen molar-refractivity contribution in [1.29, 1.82) is 0 Å². The second kappa shape index (κ2) is 12.7. The van der Waals surface area contributed by atoms with Crippen LogP contribution in [0.15, 0.2) is 46.7 Å². The van der Waals surface area contributed by atoms with Crippen molar-refractivity contribution in [3.05, 3.63) is 70.0 Å². The summed E-state index contributed by atoms with van der Waals surface area (Å²) >= 11 is 0. The number of hydrogen-bond acceptors (Lipinski definition) is 5. The van der Waals surface area contributed by atoms with E-state index in [0.717, 1.165) is 22.4 Å². The highest BCUT2D eigenvalue weighted by Crippen LogP contribution is 2.17. The van der Waals surface area contributed by atoms with Crippen LogP contribution in [0.4, 0.5) is 4.39 Å². The fraction of sp³-hybridized carbons (Fsp3) is 0.261. The third-order valence-corrected chi connectivity index (χ3v) is 4.04. The van der Waals surface area contributed by atoms with Crippen molar-refractivity contribution in [3.63, 3.8) is 0 Å². The minimum Gasteiger partial charge on any atom is -0.399 e. The second-order valence-electron chi connectivity index (χ2n) is 6.19. The Balaban J connectivity index is 0.00000103. The van der Waals surface area contributed by atoms with Crippen LogP contribution in [0, 0.1) is 25.1 Å². The maximum atomic E-state index is 13.6. The van der Waals surface area contributed by atoms with E-state index in [1.165, 1.54) is 19.2 Å². The molecule has 0 spiro atoms. The maximum Gasteiger partial charge on any atom is 0.206 e. The molecule has 158 valence electrons. The second-order valence-corrected chi connectivity index (χ2v) is 6.19. The van der Waals surface area contributed by atoms with E-state index in [4.69, 9.17) is 20.9 Å². The number of carbonyl (C=O) groups excluding carboxylic acids is 1. The van der Waals surface area contributed by atoms with Crippen LogP contribution in [0.1, 0.15) is 41.7 Å². The van der Waals surface area contributed by atoms with Crippen LogP contribution in [0.2, 0.25) is 0 Å². The average molecular weight is 411 g/mol. The van der Waals surface area contributed by atoms with Crippen molar-refractivity contribution in [3.8, 4) is 12.3 Å². The Morgan fingerprint density at radius 3 is 2.53 bits per heavy atom. The zero-order chi connectivity index (χ0) is 22.5. The van der Waals surface area contributed by atoms with Crippen LogP contribution in [-0.2, 0) is 21.1 Å². The minimum atomic E-state index is -0.405. The largest absolute Gasteiger partial charge is 0.399 e. The fourth-order valence-electron chi connectivity index (χ4n) is 2.55. The molecule has 0 bridgehead atoms. The zero-order valence-electron chi connectivity index (χ0n) is 17.8. The highest BCUT2D eigenvalue weighted by atomic mass is 19.1. The molecule has 0 unspecified atom stereocenters. The van der Waals surface area contributed by atoms with E-state index >= 15 is 0 Å². The van der Waals surface area contributed by atoms with Gasteiger partial charge in [-0.05, 0) is 44.5 Å². The molecule has 6 nitrogen and oxygen atoms in total. The van der Waals surface area contributed by atoms with Crippen LogP contribution in [0.5, 0.6) is 0 Å². The molecule has 0 saturated heterocycles. The highest BCUT2D eigenvalue weighted by Gasteiger charge is 2.10. The molecule has 0 aliphatic carbocycles. The summed E-state index contributed by atoms with van der Waals surface area (Å²) in [6.07, 6.45) is 5.97. The van der Waals surface area contributed by atoms with E-state index in [2.05, 4.69) is 21.5 Å². The monoisotopic (exact) mass is 411 g/mol. The lowest BCUT2D eigenvalue weighted by Gasteiger charge is -2.11. The van der Waals surface area contributed by atoms with Gasteiger partial charge in [0.25, 0.3) is 0 Å². The summed E-state index contributed by atoms with van der Waals surface area (Å²) in [6, 6.07) is 10.3. The Morgan fingerprint density at radius 1 is 1.23 bits per heavy atom. The number of aryl methyl sites for hydroxylation is 1. The summed E-state index contributed by atoms with van der Waals surface area (Å²) in [6.45, 7) is 5.85. The number of carbonyl (C=O) groups is 1. The molecule has 0 aliphatic heterocycles. The summed E-state index contributed by atoms with van der Waals surface area (Å²) in [7, 11) is 3.07. The third kappa shape index (κ3) is 7.40. The molecule has 0 fully saturated rings. The van der Waals surface area contributed by atoms with Gasteiger partial charge in [-0.25, -0.2) is 4.39 Å². The van der Waals surface area contributed by atoms with Crippen LogP contribution in [0.25, 0.3) is 0 Å². The molecule has 2 aromatic carbocycles. The summed E-state index contributed by atoms with van der Waals surface area (Å²) < 4.78 is 13.6. The molecule has 0 radical (unpaired) electrons. The Labute approximate surface area is 176 Å². The first-order valence-electron chi connectivity index (χ1n) is 9.09. The number of benzene rings is 2. The molecule has 1 N–H and O–H groups in total. The van der Waals surface area contributed by atoms with Crippen LogP contribution in [-0.4, -0.2) is 32.0 Å². The van der Waals surface area contributed by atoms with Gasteiger partial charge < -0.3 is 15.0 Å². The van der Waals surface area contributed by atoms with E-state index in [-0.39, 0.29) is 6.61 Å². The average Bonchev–Trinajstić information content (AvgIpc) is 2.74. The quantitative estimate of drug-likeness (QED) is 0.326. The normalized spacial score (nSPS) is 11.0. The first-order valence-corrected chi connectivity index (χ1v) is 9.09. The summed E-state index contributed by atoms with van der Waals surface area (Å²) in [5, 5.41) is 10.3. The van der Waals surface area contributed by atoms with Crippen molar-refractivity contribution >= 4 is 17.8 Å². The maximum absolute atomic E-state index is 13.6. The van der Waals surface area contributed by atoms with Crippen LogP contribution >= 0.6 is 0 Å². The summed E-state index contributed by atoms with van der Waals surface area (Å²) in [5.41, 5.74) is 5.28. The Morgan fingerprint density at radius 2 is 1.93 bits per heavy atom. The van der Waals surface area contributed by atoms with Gasteiger partial charge >= 0.3 is 0 Å². The van der Waals surface area contributed by atoms with Crippen molar-refractivity contribution in [2.45, 2.75) is 27.4 Å². The number of hydrogen-bond donors (Lipinski definition) is 1. The molecule has 0 atom stereocenters. The number of rotatable bonds is 7. The standard InChI is InChI=1S/C21H21FN2O2.C2H5NO/c1-6-17-10-18(12-19(22)11-17)15(3)24-26-13-21-14(2)8-7-9-20(21)16(4)23-25-5;1-3-2-4/h1,7-12H,13H2,2-5H3;2H,1H3,(H,3,4)/b23-16-,24-15+;. The Bertz CT molecular complexity index is 963. The van der Waals surface area contributed by atoms with E-state index < -0.39 is 5.82 Å². The summed E-state index contributed by atoms with van der Waals surface area (Å²) in [4.78, 5) is 19.4. The van der Waals surface area contributed by atoms with Gasteiger partial charge in [0.1, 0.15) is 19.5 Å². The number of halogens is 1. The van der Waals surface area contributed by atoms with Crippen molar-refractivity contribution < 1.29 is 18.9 Å². The zero-order valence-corrected chi connectivity index (χ0v) is 17.8. The number of oxime groups is 2. The third-order valence-electron chi connectivity index (χ3n) is 4.04. The molecule has 2 aromatic rings. The lowest BCUT2D eigenvalue weighted by Crippen LogP contribution is -2.05. The van der Waals surface area contributed by atoms with Crippen molar-refractivity contribution in [2.24, 2.45) is 10.3 Å². The highest BCUT2D eigenvalue weighted by molar-refractivity contribution is 6.00. The minimum absolute atomic E-state index is 0.257. The van der Waals surface area contributed by atoms with Crippen LogP contribution in [0.3, 0.4) is 0 Å². The van der Waals surface area contributed by atoms with E-state index in [0.29, 0.717) is 23.2 Å². The van der Waals surface area contributed by atoms with Gasteiger partial charge in [-0.3, -0.25) is 4.79 Å². The first-order chi connectivity index (χ1) is 14.4. The van der Waals surface area contributed by atoms with Gasteiger partial charge in [0.15, 0.2) is 0 Å². The Kier molecular flexibility index (Phi) is 10.3. The van der Waals surface area contributed by atoms with Crippen molar-refractivity contribution in [2.75, 3.05) is 14.2 Å². The van der Waals surface area contributed by atoms with E-state index in [1.54, 1.807) is 20.0 Å². The van der Waals surface area contributed by atoms with Gasteiger partial charge in [-0.1, -0.05) is 34.4 Å². The van der Waals surface area contributed by atoms with Crippen molar-refractivity contribution in [1.82, 2.24) is 5.32 Å². The predicted molar refractivity (Wildman–Crippen MR) is 117 cm³/mol. The van der Waals surface area contributed by atoms with Gasteiger partial charge in [0.05, 0.1) is 11.4 Å². The number of terminal acetylenes is 1. The Hall–Kier alpha value is -3.66. The molecule has 1 amide bonds. The molecule has 0 heterocycles. The smallest absolute Gasteiger partial charge is 0.206 e. The molecule has 0 aliphatic rings. The van der Waals surface area contributed by atoms with Gasteiger partial charge in [0, 0.05) is 29.3 Å². The van der Waals surface area contributed by atoms with Gasteiger partial charge in [0.2, 0.25) is 6.41 Å². The molecule has 30 heavy (non-hydrogen) atoms. The van der Waals surface area contributed by atoms with E-state index in [1.807, 2.05) is 32.0 Å². The predicted octanol–water partition coefficient (Wildman–Crippen LogP) is 3.79. The fourth-order valence-corrected chi connectivity index (χ4v) is 2.55. The SMILES string of the molecule is C#Cc1cc(F)cc(/C(C)=N/OCc2c(C)cccc2/C(C)=N\OC)c1.CNC=O. The van der Waals surface area contributed by atoms with Gasteiger partial charge in [-0.15, -0.1) is 6.42 Å². The van der Waals surface area contributed by atoms with E-state index in [9.17, 15) is 4.39 Å². The molecular formula is C23H26FN3O3. The van der Waals surface area contributed by atoms with Crippen LogP contribution < -0.4 is 5.32 Å². The lowest BCUT2D eigenvalue weighted by molar-refractivity contribution is -0.109.